The number of nitrogens with zero attached hydrogens (tertiary/aromatic N) is 2. The van der Waals surface area contributed by atoms with Crippen molar-refractivity contribution >= 4 is 23.5 Å². The smallest absolute Gasteiger partial charge is 0.273 e. The van der Waals surface area contributed by atoms with Crippen LogP contribution in [0.4, 0.5) is 11.4 Å². The quantitative estimate of drug-likeness (QED) is 0.277. The van der Waals surface area contributed by atoms with Crippen LogP contribution in [0.5, 0.6) is 5.75 Å². The maximum Gasteiger partial charge on any atom is 0.273 e. The lowest BCUT2D eigenvalue weighted by molar-refractivity contribution is -0.384. The van der Waals surface area contributed by atoms with E-state index in [1.807, 2.05) is 12.1 Å². The van der Waals surface area contributed by atoms with Crippen LogP contribution in [0.15, 0.2) is 77.9 Å². The van der Waals surface area contributed by atoms with E-state index in [0.29, 0.717) is 22.6 Å². The number of nitrogen functional groups attached to an aromatic ring is 1. The molecule has 0 aliphatic carbocycles. The lowest BCUT2D eigenvalue weighted by Crippen LogP contribution is -2.19. The molecular formula is C21H18N4O4. The highest BCUT2D eigenvalue weighted by molar-refractivity contribution is 5.99. The van der Waals surface area contributed by atoms with E-state index in [1.54, 1.807) is 48.5 Å². The van der Waals surface area contributed by atoms with Crippen molar-refractivity contribution in [2.45, 2.75) is 6.61 Å². The SMILES string of the molecule is Nc1ccccc1C(=O)N/N=C\c1ccccc1OCc1ccc([N+](=O)[O-])cc1. The van der Waals surface area contributed by atoms with Crippen molar-refractivity contribution in [2.75, 3.05) is 5.73 Å². The number of anilines is 1. The lowest BCUT2D eigenvalue weighted by Gasteiger charge is -2.09. The number of hydrogen-bond donors (Lipinski definition) is 2. The summed E-state index contributed by atoms with van der Waals surface area (Å²) in [6, 6.07) is 20.0. The summed E-state index contributed by atoms with van der Waals surface area (Å²) in [6.07, 6.45) is 1.47. The number of amides is 1. The van der Waals surface area contributed by atoms with Gasteiger partial charge in [-0.2, -0.15) is 5.10 Å². The standard InChI is InChI=1S/C21H18N4O4/c22-19-7-3-2-6-18(19)21(26)24-23-13-16-5-1-4-8-20(16)29-14-15-9-11-17(12-10-15)25(27)28/h1-13H,14,22H2,(H,24,26)/b23-13-. The molecule has 0 unspecified atom stereocenters. The second-order valence-corrected chi connectivity index (χ2v) is 6.04. The highest BCUT2D eigenvalue weighted by Gasteiger charge is 2.08. The molecule has 3 aromatic rings. The Morgan fingerprint density at radius 1 is 1.07 bits per heavy atom. The zero-order valence-electron chi connectivity index (χ0n) is 15.3. The van der Waals surface area contributed by atoms with Crippen molar-refractivity contribution in [1.29, 1.82) is 0 Å². The molecule has 3 aromatic carbocycles. The number of nitro benzene ring substituents is 1. The molecule has 0 radical (unpaired) electrons. The van der Waals surface area contributed by atoms with Gasteiger partial charge in [0.2, 0.25) is 0 Å². The first-order chi connectivity index (χ1) is 14.0. The molecule has 0 bridgehead atoms. The number of para-hydroxylation sites is 2. The molecule has 0 aromatic heterocycles. The van der Waals surface area contributed by atoms with Crippen LogP contribution in [0.1, 0.15) is 21.5 Å². The monoisotopic (exact) mass is 390 g/mol. The van der Waals surface area contributed by atoms with Gasteiger partial charge in [-0.05, 0) is 42.0 Å². The Kier molecular flexibility index (Phi) is 6.16. The highest BCUT2D eigenvalue weighted by atomic mass is 16.6. The molecule has 8 heteroatoms. The highest BCUT2D eigenvalue weighted by Crippen LogP contribution is 2.19. The van der Waals surface area contributed by atoms with Gasteiger partial charge in [-0.1, -0.05) is 24.3 Å². The van der Waals surface area contributed by atoms with Crippen LogP contribution < -0.4 is 15.9 Å². The summed E-state index contributed by atoms with van der Waals surface area (Å²) in [4.78, 5) is 22.4. The molecule has 0 saturated carbocycles. The maximum atomic E-state index is 12.1. The van der Waals surface area contributed by atoms with E-state index in [0.717, 1.165) is 5.56 Å². The van der Waals surface area contributed by atoms with Gasteiger partial charge in [0.25, 0.3) is 11.6 Å². The third kappa shape index (κ3) is 5.16. The Hall–Kier alpha value is -4.20. The number of non-ortho nitro benzene ring substituents is 1. The normalized spacial score (nSPS) is 10.6. The summed E-state index contributed by atoms with van der Waals surface area (Å²) in [5, 5.41) is 14.7. The number of nitrogens with one attached hydrogen (secondary N) is 1. The fourth-order valence-electron chi connectivity index (χ4n) is 2.52. The van der Waals surface area contributed by atoms with Gasteiger partial charge in [0.1, 0.15) is 12.4 Å². The minimum atomic E-state index is -0.451. The molecule has 0 spiro atoms. The van der Waals surface area contributed by atoms with Crippen LogP contribution in [0, 0.1) is 10.1 Å². The van der Waals surface area contributed by atoms with Crippen LogP contribution in [-0.2, 0) is 6.61 Å². The molecule has 146 valence electrons. The van der Waals surface area contributed by atoms with Crippen molar-refractivity contribution < 1.29 is 14.5 Å². The molecule has 8 nitrogen and oxygen atoms in total. The first kappa shape index (κ1) is 19.6. The average Bonchev–Trinajstić information content (AvgIpc) is 2.73. The van der Waals surface area contributed by atoms with E-state index in [1.165, 1.54) is 18.3 Å². The Morgan fingerprint density at radius 2 is 1.76 bits per heavy atom. The van der Waals surface area contributed by atoms with Gasteiger partial charge in [-0.15, -0.1) is 0 Å². The fraction of sp³-hybridized carbons (Fsp3) is 0.0476. The third-order valence-corrected chi connectivity index (χ3v) is 4.04. The second kappa shape index (κ2) is 9.14. The molecule has 0 fully saturated rings. The van der Waals surface area contributed by atoms with Crippen molar-refractivity contribution in [2.24, 2.45) is 5.10 Å². The summed E-state index contributed by atoms with van der Waals surface area (Å²) in [5.41, 5.74) is 10.4. The largest absolute Gasteiger partial charge is 0.488 e. The summed E-state index contributed by atoms with van der Waals surface area (Å²) in [5.74, 6) is 0.145. The van der Waals surface area contributed by atoms with Gasteiger partial charge in [0, 0.05) is 23.4 Å². The molecule has 0 aliphatic rings. The number of carbonyl (C=O) groups is 1. The maximum absolute atomic E-state index is 12.1. The van der Waals surface area contributed by atoms with Gasteiger partial charge < -0.3 is 10.5 Å². The van der Waals surface area contributed by atoms with Gasteiger partial charge in [0.15, 0.2) is 0 Å². The summed E-state index contributed by atoms with van der Waals surface area (Å²) in [7, 11) is 0. The second-order valence-electron chi connectivity index (χ2n) is 6.04. The molecule has 0 heterocycles. The first-order valence-corrected chi connectivity index (χ1v) is 8.67. The average molecular weight is 390 g/mol. The number of hydrazone groups is 1. The van der Waals surface area contributed by atoms with Gasteiger partial charge >= 0.3 is 0 Å². The summed E-state index contributed by atoms with van der Waals surface area (Å²) in [6.45, 7) is 0.232. The molecule has 0 saturated heterocycles. The van der Waals surface area contributed by atoms with Gasteiger partial charge in [-0.3, -0.25) is 14.9 Å². The Balaban J connectivity index is 1.64. The minimum absolute atomic E-state index is 0.0241. The number of carbonyl (C=O) groups excluding carboxylic acids is 1. The Bertz CT molecular complexity index is 1050. The molecular weight excluding hydrogens is 372 g/mol. The van der Waals surface area contributed by atoms with Crippen molar-refractivity contribution in [3.05, 3.63) is 99.6 Å². The van der Waals surface area contributed by atoms with Gasteiger partial charge in [0.05, 0.1) is 16.7 Å². The number of benzene rings is 3. The van der Waals surface area contributed by atoms with Crippen LogP contribution in [0.3, 0.4) is 0 Å². The summed E-state index contributed by atoms with van der Waals surface area (Å²) < 4.78 is 5.79. The number of hydrogen-bond acceptors (Lipinski definition) is 6. The van der Waals surface area contributed by atoms with E-state index in [4.69, 9.17) is 10.5 Å². The minimum Gasteiger partial charge on any atom is -0.488 e. The zero-order valence-corrected chi connectivity index (χ0v) is 15.3. The molecule has 0 atom stereocenters. The molecule has 29 heavy (non-hydrogen) atoms. The van der Waals surface area contributed by atoms with E-state index >= 15 is 0 Å². The topological polar surface area (TPSA) is 120 Å². The number of nitrogens with two attached hydrogens (primary N) is 1. The molecule has 3 N–H and O–H groups in total. The number of rotatable bonds is 7. The van der Waals surface area contributed by atoms with Crippen molar-refractivity contribution in [3.8, 4) is 5.75 Å². The third-order valence-electron chi connectivity index (χ3n) is 4.04. The van der Waals surface area contributed by atoms with Gasteiger partial charge in [-0.25, -0.2) is 5.43 Å². The van der Waals surface area contributed by atoms with Crippen LogP contribution in [0.2, 0.25) is 0 Å². The predicted octanol–water partition coefficient (Wildman–Crippen LogP) is 3.52. The molecule has 3 rings (SSSR count). The molecule has 1 amide bonds. The fourth-order valence-corrected chi connectivity index (χ4v) is 2.52. The number of ether oxygens (including phenoxy) is 1. The lowest BCUT2D eigenvalue weighted by atomic mass is 10.2. The van der Waals surface area contributed by atoms with Crippen LogP contribution in [-0.4, -0.2) is 17.0 Å². The Labute approximate surface area is 166 Å². The van der Waals surface area contributed by atoms with Crippen LogP contribution >= 0.6 is 0 Å². The molecule has 0 aliphatic heterocycles. The van der Waals surface area contributed by atoms with E-state index in [2.05, 4.69) is 10.5 Å². The summed E-state index contributed by atoms with van der Waals surface area (Å²) >= 11 is 0. The van der Waals surface area contributed by atoms with E-state index < -0.39 is 10.8 Å². The van der Waals surface area contributed by atoms with E-state index in [9.17, 15) is 14.9 Å². The zero-order chi connectivity index (χ0) is 20.6. The van der Waals surface area contributed by atoms with E-state index in [-0.39, 0.29) is 12.3 Å². The first-order valence-electron chi connectivity index (χ1n) is 8.67. The Morgan fingerprint density at radius 3 is 2.48 bits per heavy atom. The van der Waals surface area contributed by atoms with Crippen molar-refractivity contribution in [1.82, 2.24) is 5.43 Å². The number of nitro groups is 1. The van der Waals surface area contributed by atoms with Crippen LogP contribution in [0.25, 0.3) is 0 Å². The van der Waals surface area contributed by atoms with Crippen molar-refractivity contribution in [3.63, 3.8) is 0 Å². The predicted molar refractivity (Wildman–Crippen MR) is 110 cm³/mol.